The van der Waals surface area contributed by atoms with E-state index in [1.807, 2.05) is 0 Å². The summed E-state index contributed by atoms with van der Waals surface area (Å²) in [6.45, 7) is 18.6. The Morgan fingerprint density at radius 1 is 0.816 bits per heavy atom. The molecular formula is C35H54NO2+. The van der Waals surface area contributed by atoms with Crippen LogP contribution in [0.3, 0.4) is 0 Å². The second-order valence-electron chi connectivity index (χ2n) is 15.9. The van der Waals surface area contributed by atoms with Crippen LogP contribution in [0.4, 0.5) is 0 Å². The second kappa shape index (κ2) is 8.90. The van der Waals surface area contributed by atoms with Crippen molar-refractivity contribution in [3.8, 4) is 0 Å². The van der Waals surface area contributed by atoms with E-state index in [4.69, 9.17) is 6.58 Å². The fraction of sp³-hybridized carbons (Fsp3) is 0.800. The Balaban J connectivity index is 1.34. The molecule has 0 spiro atoms. The minimum atomic E-state index is -0.163. The number of aliphatic hydroxyl groups is 2. The summed E-state index contributed by atoms with van der Waals surface area (Å²) >= 11 is 0. The Bertz CT molecular complexity index is 1070. The van der Waals surface area contributed by atoms with Crippen molar-refractivity contribution in [2.24, 2.45) is 56.7 Å². The first-order chi connectivity index (χ1) is 17.9. The number of hydrogen-bond acceptors (Lipinski definition) is 2. The molecule has 0 radical (unpaired) electrons. The van der Waals surface area contributed by atoms with E-state index in [9.17, 15) is 10.2 Å². The number of aliphatic hydroxyl groups excluding tert-OH is 2. The van der Waals surface area contributed by atoms with Gasteiger partial charge in [0.15, 0.2) is 18.9 Å². The van der Waals surface area contributed by atoms with Crippen molar-refractivity contribution in [2.45, 2.75) is 111 Å². The highest BCUT2D eigenvalue weighted by molar-refractivity contribution is 5.21. The van der Waals surface area contributed by atoms with E-state index in [2.05, 4.69) is 69.8 Å². The molecule has 1 heterocycles. The van der Waals surface area contributed by atoms with E-state index in [0.29, 0.717) is 46.5 Å². The highest BCUT2D eigenvalue weighted by Crippen LogP contribution is 2.77. The molecule has 0 aromatic carbocycles. The lowest BCUT2D eigenvalue weighted by molar-refractivity contribution is -0.689. The molecule has 0 bridgehead atoms. The van der Waals surface area contributed by atoms with Crippen LogP contribution in [0, 0.1) is 56.7 Å². The number of fused-ring (bicyclic) bond motifs is 7. The molecule has 1 aromatic heterocycles. The van der Waals surface area contributed by atoms with E-state index >= 15 is 0 Å². The minimum absolute atomic E-state index is 0.00802. The lowest BCUT2D eigenvalue weighted by Gasteiger charge is -2.73. The van der Waals surface area contributed by atoms with Gasteiger partial charge in [-0.3, -0.25) is 0 Å². The van der Waals surface area contributed by atoms with Crippen molar-refractivity contribution >= 4 is 0 Å². The van der Waals surface area contributed by atoms with E-state index < -0.39 is 0 Å². The zero-order valence-corrected chi connectivity index (χ0v) is 24.9. The van der Waals surface area contributed by atoms with Crippen molar-refractivity contribution in [3.63, 3.8) is 0 Å². The molecular weight excluding hydrogens is 466 g/mol. The number of allylic oxidation sites excluding steroid dienone is 1. The van der Waals surface area contributed by atoms with Crippen molar-refractivity contribution < 1.29 is 14.8 Å². The zero-order chi connectivity index (χ0) is 27.1. The van der Waals surface area contributed by atoms with Crippen LogP contribution in [0.15, 0.2) is 42.7 Å². The molecule has 5 fully saturated rings. The number of hydrogen-bond donors (Lipinski definition) is 2. The molecule has 10 atom stereocenters. The van der Waals surface area contributed by atoms with Gasteiger partial charge in [0.1, 0.15) is 0 Å². The smallest absolute Gasteiger partial charge is 0.169 e. The topological polar surface area (TPSA) is 44.3 Å². The average molecular weight is 521 g/mol. The summed E-state index contributed by atoms with van der Waals surface area (Å²) in [4.78, 5) is 0. The Hall–Kier alpha value is -1.19. The first-order valence-corrected chi connectivity index (χ1v) is 15.8. The maximum absolute atomic E-state index is 11.0. The first-order valence-electron chi connectivity index (χ1n) is 15.8. The summed E-state index contributed by atoms with van der Waals surface area (Å²) in [5.74, 6) is 3.06. The minimum Gasteiger partial charge on any atom is -0.396 e. The zero-order valence-electron chi connectivity index (χ0n) is 24.9. The largest absolute Gasteiger partial charge is 0.396 e. The highest BCUT2D eigenvalue weighted by Gasteiger charge is 2.70. The fourth-order valence-electron chi connectivity index (χ4n) is 12.3. The summed E-state index contributed by atoms with van der Waals surface area (Å²) in [7, 11) is 0. The standard InChI is InChI=1S/C35H54NO2/c1-24(22-36-20-8-7-9-21-36)25-12-17-35(23-37)19-18-33(5)26(30(25)35)10-11-28-32(4)15-14-29(38)31(2,3)27(32)13-16-34(28,33)6/h7-9,20-21,25-30,37-38H,1,10-19,22-23H2,2-6H3/q+1/t25-,26+,27-,28+,29-,30+,32-,33+,34+,35+/m0/s1. The van der Waals surface area contributed by atoms with E-state index in [-0.39, 0.29) is 16.9 Å². The first kappa shape index (κ1) is 27.0. The summed E-state index contributed by atoms with van der Waals surface area (Å²) < 4.78 is 2.28. The third kappa shape index (κ3) is 3.49. The number of rotatable bonds is 4. The molecule has 5 aliphatic carbocycles. The molecule has 5 aliphatic rings. The predicted molar refractivity (Wildman–Crippen MR) is 153 cm³/mol. The van der Waals surface area contributed by atoms with Crippen LogP contribution in [0.5, 0.6) is 0 Å². The van der Waals surface area contributed by atoms with Crippen LogP contribution < -0.4 is 4.57 Å². The van der Waals surface area contributed by atoms with Gasteiger partial charge in [0.25, 0.3) is 0 Å². The molecule has 0 saturated heterocycles. The van der Waals surface area contributed by atoms with Crippen LogP contribution in [0.25, 0.3) is 0 Å². The fourth-order valence-corrected chi connectivity index (χ4v) is 12.3. The quantitative estimate of drug-likeness (QED) is 0.333. The van der Waals surface area contributed by atoms with Crippen LogP contribution in [0.1, 0.15) is 98.8 Å². The molecule has 210 valence electrons. The van der Waals surface area contributed by atoms with Crippen LogP contribution in [-0.2, 0) is 6.54 Å². The Morgan fingerprint density at radius 3 is 2.26 bits per heavy atom. The van der Waals surface area contributed by atoms with Gasteiger partial charge in [-0.25, -0.2) is 4.57 Å². The molecule has 6 rings (SSSR count). The van der Waals surface area contributed by atoms with Gasteiger partial charge < -0.3 is 10.2 Å². The molecule has 5 saturated carbocycles. The van der Waals surface area contributed by atoms with Gasteiger partial charge in [0.2, 0.25) is 0 Å². The summed E-state index contributed by atoms with van der Waals surface area (Å²) in [6, 6.07) is 6.31. The van der Waals surface area contributed by atoms with Crippen LogP contribution >= 0.6 is 0 Å². The molecule has 3 nitrogen and oxygen atoms in total. The number of nitrogens with zero attached hydrogens (tertiary/aromatic N) is 1. The molecule has 1 aromatic rings. The monoisotopic (exact) mass is 520 g/mol. The number of pyridine rings is 1. The van der Waals surface area contributed by atoms with Crippen molar-refractivity contribution in [1.82, 2.24) is 0 Å². The normalized spacial score (nSPS) is 49.3. The third-order valence-electron chi connectivity index (χ3n) is 14.6. The van der Waals surface area contributed by atoms with E-state index in [1.165, 1.54) is 56.9 Å². The van der Waals surface area contributed by atoms with Crippen LogP contribution in [0.2, 0.25) is 0 Å². The Kier molecular flexibility index (Phi) is 6.33. The van der Waals surface area contributed by atoms with Gasteiger partial charge in [-0.15, -0.1) is 0 Å². The Labute approximate surface area is 232 Å². The molecule has 0 unspecified atom stereocenters. The molecule has 0 aliphatic heterocycles. The summed E-state index contributed by atoms with van der Waals surface area (Å²) in [6.07, 6.45) is 16.3. The molecule has 38 heavy (non-hydrogen) atoms. The van der Waals surface area contributed by atoms with Crippen molar-refractivity contribution in [1.29, 1.82) is 0 Å². The summed E-state index contributed by atoms with van der Waals surface area (Å²) in [5, 5.41) is 21.9. The summed E-state index contributed by atoms with van der Waals surface area (Å²) in [5.41, 5.74) is 2.41. The van der Waals surface area contributed by atoms with Gasteiger partial charge in [0, 0.05) is 18.7 Å². The number of aromatic nitrogens is 1. The SMILES string of the molecule is C=C(C[n+]1ccccc1)[C@@H]1CC[C@]2(CO)CC[C@]3(C)[C@H](CC[C@@H]4[C@@]5(C)CC[C@H](O)C(C)(C)[C@@H]5CC[C@]43C)[C@@H]12. The molecule has 0 amide bonds. The third-order valence-corrected chi connectivity index (χ3v) is 14.6. The maximum Gasteiger partial charge on any atom is 0.169 e. The van der Waals surface area contributed by atoms with E-state index in [0.717, 1.165) is 25.3 Å². The highest BCUT2D eigenvalue weighted by atomic mass is 16.3. The van der Waals surface area contributed by atoms with Gasteiger partial charge in [-0.1, -0.05) is 47.3 Å². The van der Waals surface area contributed by atoms with Crippen LogP contribution in [-0.4, -0.2) is 22.9 Å². The van der Waals surface area contributed by atoms with E-state index in [1.54, 1.807) is 0 Å². The predicted octanol–water partition coefficient (Wildman–Crippen LogP) is 6.97. The van der Waals surface area contributed by atoms with Gasteiger partial charge in [-0.05, 0) is 126 Å². The Morgan fingerprint density at radius 2 is 1.55 bits per heavy atom. The van der Waals surface area contributed by atoms with Crippen molar-refractivity contribution in [3.05, 3.63) is 42.7 Å². The van der Waals surface area contributed by atoms with Gasteiger partial charge in [0.05, 0.1) is 6.10 Å². The maximum atomic E-state index is 11.0. The van der Waals surface area contributed by atoms with Gasteiger partial charge in [-0.2, -0.15) is 0 Å². The second-order valence-corrected chi connectivity index (χ2v) is 15.9. The molecule has 2 N–H and O–H groups in total. The van der Waals surface area contributed by atoms with Gasteiger partial charge >= 0.3 is 0 Å². The lowest BCUT2D eigenvalue weighted by Crippen LogP contribution is -2.66. The molecule has 3 heteroatoms. The average Bonchev–Trinajstić information content (AvgIpc) is 3.28. The lowest BCUT2D eigenvalue weighted by atomic mass is 9.32. The van der Waals surface area contributed by atoms with Crippen molar-refractivity contribution in [2.75, 3.05) is 6.61 Å².